The summed E-state index contributed by atoms with van der Waals surface area (Å²) >= 11 is 1.32. The predicted molar refractivity (Wildman–Crippen MR) is 141 cm³/mol. The third kappa shape index (κ3) is 6.03. The lowest BCUT2D eigenvalue weighted by atomic mass is 10.2. The molecular formula is C28H22N4O3S. The molecule has 0 fully saturated rings. The molecule has 1 heterocycles. The molecule has 4 rings (SSSR count). The number of carbonyl (C=O) groups is 2. The molecule has 7 nitrogen and oxygen atoms in total. The van der Waals surface area contributed by atoms with Crippen molar-refractivity contribution in [3.63, 3.8) is 0 Å². The van der Waals surface area contributed by atoms with E-state index in [1.165, 1.54) is 29.2 Å². The van der Waals surface area contributed by atoms with Gasteiger partial charge in [-0.25, -0.2) is 4.98 Å². The van der Waals surface area contributed by atoms with E-state index in [0.717, 1.165) is 11.3 Å². The number of benzene rings is 3. The van der Waals surface area contributed by atoms with Crippen LogP contribution in [-0.2, 0) is 9.59 Å². The fourth-order valence-corrected chi connectivity index (χ4v) is 4.22. The Labute approximate surface area is 212 Å². The van der Waals surface area contributed by atoms with Crippen LogP contribution in [0.4, 0.5) is 16.5 Å². The second kappa shape index (κ2) is 11.1. The molecular weight excluding hydrogens is 472 g/mol. The number of para-hydroxylation sites is 1. The molecule has 8 heteroatoms. The molecule has 4 aromatic rings. The molecule has 36 heavy (non-hydrogen) atoms. The van der Waals surface area contributed by atoms with E-state index < -0.39 is 0 Å². The average molecular weight is 495 g/mol. The van der Waals surface area contributed by atoms with Crippen molar-refractivity contribution in [3.05, 3.63) is 101 Å². The van der Waals surface area contributed by atoms with E-state index in [1.807, 2.05) is 43.3 Å². The van der Waals surface area contributed by atoms with E-state index in [2.05, 4.69) is 16.4 Å². The van der Waals surface area contributed by atoms with Gasteiger partial charge in [0.1, 0.15) is 11.5 Å². The minimum Gasteiger partial charge on any atom is -0.457 e. The normalized spacial score (nSPS) is 10.6. The van der Waals surface area contributed by atoms with Gasteiger partial charge in [0.15, 0.2) is 5.13 Å². The van der Waals surface area contributed by atoms with Crippen molar-refractivity contribution in [1.82, 2.24) is 4.98 Å². The number of aromatic nitrogens is 1. The van der Waals surface area contributed by atoms with Gasteiger partial charge in [0.25, 0.3) is 0 Å². The Morgan fingerprint density at radius 3 is 2.44 bits per heavy atom. The number of carbonyl (C=O) groups excluding carboxylic acids is 2. The maximum atomic E-state index is 12.5. The molecule has 0 unspecified atom stereocenters. The zero-order valence-corrected chi connectivity index (χ0v) is 20.5. The highest BCUT2D eigenvalue weighted by molar-refractivity contribution is 7.14. The summed E-state index contributed by atoms with van der Waals surface area (Å²) in [6.45, 7) is 3.36. The molecule has 0 spiro atoms. The smallest absolute Gasteiger partial charge is 0.248 e. The zero-order chi connectivity index (χ0) is 25.5. The summed E-state index contributed by atoms with van der Waals surface area (Å²) in [6.07, 6.45) is 3.01. The van der Waals surface area contributed by atoms with Gasteiger partial charge in [0.2, 0.25) is 11.8 Å². The number of hydrogen-bond donors (Lipinski definition) is 1. The Morgan fingerprint density at radius 2 is 1.78 bits per heavy atom. The van der Waals surface area contributed by atoms with Crippen LogP contribution >= 0.6 is 11.3 Å². The van der Waals surface area contributed by atoms with Crippen LogP contribution in [0, 0.1) is 18.3 Å². The lowest BCUT2D eigenvalue weighted by Gasteiger charge is -2.17. The molecule has 0 aliphatic carbocycles. The third-order valence-electron chi connectivity index (χ3n) is 5.11. The second-order valence-electron chi connectivity index (χ2n) is 7.78. The minimum absolute atomic E-state index is 0.147. The van der Waals surface area contributed by atoms with E-state index in [4.69, 9.17) is 10.00 Å². The molecule has 1 N–H and O–H groups in total. The Bertz CT molecular complexity index is 1450. The van der Waals surface area contributed by atoms with Crippen LogP contribution < -0.4 is 15.0 Å². The van der Waals surface area contributed by atoms with Crippen LogP contribution in [-0.4, -0.2) is 16.8 Å². The number of anilines is 3. The number of amides is 2. The van der Waals surface area contributed by atoms with Crippen molar-refractivity contribution in [3.8, 4) is 17.6 Å². The topological polar surface area (TPSA) is 95.3 Å². The summed E-state index contributed by atoms with van der Waals surface area (Å²) in [7, 11) is 0. The Hall–Kier alpha value is -4.74. The standard InChI is InChI=1S/C28H22N4O3S/c1-19-16-25(35-24-11-8-21(17-29)9-12-24)13-14-26(19)31-27(34)15-10-22-18-36-28(30-22)32(20(2)33)23-6-4-3-5-7-23/h3-16,18H,1-2H3,(H,31,34)/b15-10+. The second-order valence-corrected chi connectivity index (χ2v) is 8.62. The fourth-order valence-electron chi connectivity index (χ4n) is 3.37. The van der Waals surface area contributed by atoms with Gasteiger partial charge in [-0.15, -0.1) is 11.3 Å². The molecule has 0 bridgehead atoms. The average Bonchev–Trinajstić information content (AvgIpc) is 3.34. The number of thiazole rings is 1. The Morgan fingerprint density at radius 1 is 1.06 bits per heavy atom. The molecule has 0 saturated carbocycles. The summed E-state index contributed by atoms with van der Waals surface area (Å²) in [6, 6.07) is 23.5. The molecule has 2 amide bonds. The Kier molecular flexibility index (Phi) is 7.54. The van der Waals surface area contributed by atoms with Crippen LogP contribution in [0.1, 0.15) is 23.7 Å². The number of rotatable bonds is 7. The molecule has 0 atom stereocenters. The largest absolute Gasteiger partial charge is 0.457 e. The highest BCUT2D eigenvalue weighted by Crippen LogP contribution is 2.29. The van der Waals surface area contributed by atoms with Gasteiger partial charge in [-0.2, -0.15) is 5.26 Å². The monoisotopic (exact) mass is 494 g/mol. The number of aryl methyl sites for hydroxylation is 1. The van der Waals surface area contributed by atoms with E-state index in [9.17, 15) is 9.59 Å². The molecule has 0 aliphatic heterocycles. The molecule has 3 aromatic carbocycles. The number of nitriles is 1. The van der Waals surface area contributed by atoms with Crippen LogP contribution in [0.15, 0.2) is 84.3 Å². The molecule has 178 valence electrons. The summed E-state index contributed by atoms with van der Waals surface area (Å²) in [4.78, 5) is 30.7. The van der Waals surface area contributed by atoms with Crippen molar-refractivity contribution in [1.29, 1.82) is 5.26 Å². The van der Waals surface area contributed by atoms with Gasteiger partial charge in [-0.3, -0.25) is 14.5 Å². The van der Waals surface area contributed by atoms with Gasteiger partial charge in [0.05, 0.1) is 23.0 Å². The number of ether oxygens (including phenoxy) is 1. The van der Waals surface area contributed by atoms with Gasteiger partial charge in [-0.1, -0.05) is 18.2 Å². The van der Waals surface area contributed by atoms with Crippen molar-refractivity contribution in [2.75, 3.05) is 10.2 Å². The quantitative estimate of drug-likeness (QED) is 0.298. The Balaban J connectivity index is 1.39. The fraction of sp³-hybridized carbons (Fsp3) is 0.0714. The maximum Gasteiger partial charge on any atom is 0.248 e. The minimum atomic E-state index is -0.306. The van der Waals surface area contributed by atoms with Crippen LogP contribution in [0.2, 0.25) is 0 Å². The van der Waals surface area contributed by atoms with Gasteiger partial charge in [-0.05, 0) is 73.2 Å². The number of hydrogen-bond acceptors (Lipinski definition) is 6. The van der Waals surface area contributed by atoms with E-state index in [-0.39, 0.29) is 11.8 Å². The van der Waals surface area contributed by atoms with Crippen LogP contribution in [0.3, 0.4) is 0 Å². The summed E-state index contributed by atoms with van der Waals surface area (Å²) in [5.74, 6) is 0.784. The highest BCUT2D eigenvalue weighted by atomic mass is 32.1. The van der Waals surface area contributed by atoms with E-state index in [1.54, 1.807) is 47.9 Å². The summed E-state index contributed by atoms with van der Waals surface area (Å²) < 4.78 is 5.82. The lowest BCUT2D eigenvalue weighted by Crippen LogP contribution is -2.22. The summed E-state index contributed by atoms with van der Waals surface area (Å²) in [5, 5.41) is 14.1. The molecule has 1 aromatic heterocycles. The SMILES string of the molecule is CC(=O)N(c1ccccc1)c1nc(/C=C/C(=O)Nc2ccc(Oc3ccc(C#N)cc3)cc2C)cs1. The molecule has 0 aliphatic rings. The zero-order valence-electron chi connectivity index (χ0n) is 19.6. The van der Waals surface area contributed by atoms with Crippen LogP contribution in [0.5, 0.6) is 11.5 Å². The highest BCUT2D eigenvalue weighted by Gasteiger charge is 2.17. The van der Waals surface area contributed by atoms with E-state index in [0.29, 0.717) is 33.6 Å². The van der Waals surface area contributed by atoms with Crippen LogP contribution in [0.25, 0.3) is 6.08 Å². The van der Waals surface area contributed by atoms with Gasteiger partial charge >= 0.3 is 0 Å². The van der Waals surface area contributed by atoms with Crippen molar-refractivity contribution in [2.45, 2.75) is 13.8 Å². The first-order chi connectivity index (χ1) is 17.4. The third-order valence-corrected chi connectivity index (χ3v) is 5.95. The first-order valence-corrected chi connectivity index (χ1v) is 11.9. The predicted octanol–water partition coefficient (Wildman–Crippen LogP) is 6.45. The number of nitrogens with zero attached hydrogens (tertiary/aromatic N) is 3. The first kappa shape index (κ1) is 24.4. The van der Waals surface area contributed by atoms with Crippen molar-refractivity contribution >= 4 is 45.7 Å². The lowest BCUT2D eigenvalue weighted by molar-refractivity contribution is -0.116. The van der Waals surface area contributed by atoms with E-state index >= 15 is 0 Å². The van der Waals surface area contributed by atoms with Crippen molar-refractivity contribution < 1.29 is 14.3 Å². The van der Waals surface area contributed by atoms with Crippen molar-refractivity contribution in [2.24, 2.45) is 0 Å². The van der Waals surface area contributed by atoms with Gasteiger partial charge in [0, 0.05) is 24.1 Å². The first-order valence-electron chi connectivity index (χ1n) is 11.0. The number of nitrogens with one attached hydrogen (secondary N) is 1. The molecule has 0 saturated heterocycles. The van der Waals surface area contributed by atoms with Gasteiger partial charge < -0.3 is 10.1 Å². The maximum absolute atomic E-state index is 12.5. The summed E-state index contributed by atoms with van der Waals surface area (Å²) in [5.41, 5.74) is 3.36. The molecule has 0 radical (unpaired) electrons.